The number of aromatic nitrogens is 2. The van der Waals surface area contributed by atoms with Crippen LogP contribution in [0, 0.1) is 30.7 Å². The molecule has 2 heterocycles. The van der Waals surface area contributed by atoms with Crippen LogP contribution in [-0.2, 0) is 24.9 Å². The Morgan fingerprint density at radius 2 is 1.50 bits per heavy atom. The number of hydrogen-bond donors (Lipinski definition) is 1. The summed E-state index contributed by atoms with van der Waals surface area (Å²) in [4.78, 5) is 22.1. The second-order valence-corrected chi connectivity index (χ2v) is 27.4. The normalized spacial score (nSPS) is 12.7. The molecule has 0 atom stereocenters. The van der Waals surface area contributed by atoms with Crippen molar-refractivity contribution >= 4 is 67.1 Å². The smallest absolute Gasteiger partial charge is 0 e. The Hall–Kier alpha value is -3.32. The van der Waals surface area contributed by atoms with E-state index in [9.17, 15) is 9.90 Å². The number of hydrogen-bond acceptors (Lipinski definition) is 5. The molecule has 1 radical (unpaired) electrons. The first-order valence-electron chi connectivity index (χ1n) is 19.5. The molecule has 54 heavy (non-hydrogen) atoms. The molecule has 0 amide bonds. The van der Waals surface area contributed by atoms with Crippen molar-refractivity contribution in [1.29, 1.82) is 0 Å². The van der Waals surface area contributed by atoms with E-state index >= 15 is 0 Å². The van der Waals surface area contributed by atoms with E-state index in [1.807, 2.05) is 54.5 Å². The summed E-state index contributed by atoms with van der Waals surface area (Å²) < 4.78 is 8.02. The molecule has 0 spiro atoms. The van der Waals surface area contributed by atoms with Crippen molar-refractivity contribution in [2.75, 3.05) is 0 Å². The Bertz CT molecular complexity index is 2340. The summed E-state index contributed by atoms with van der Waals surface area (Å²) in [7, 11) is 0. The van der Waals surface area contributed by atoms with Crippen LogP contribution in [0.5, 0.6) is 0 Å². The van der Waals surface area contributed by atoms with Crippen molar-refractivity contribution in [3.63, 3.8) is 0 Å². The largest absolute Gasteiger partial charge is 0 e. The summed E-state index contributed by atoms with van der Waals surface area (Å²) in [6.07, 6.45) is 4.75. The summed E-state index contributed by atoms with van der Waals surface area (Å²) in [6.45, 7) is 20.7. The molecule has 0 saturated heterocycles. The topological polar surface area (TPSA) is 76.2 Å². The fourth-order valence-electron chi connectivity index (χ4n) is 6.97. The number of ketones is 1. The quantitative estimate of drug-likeness (QED) is 0.0487. The molecular weight excluding hydrogens is 905 g/mol. The Kier molecular flexibility index (Phi) is 13.5. The molecule has 0 aliphatic carbocycles. The minimum atomic E-state index is -1.96. The van der Waals surface area contributed by atoms with Crippen LogP contribution in [0.25, 0.3) is 54.9 Å². The fraction of sp³-hybridized carbons (Fsp3) is 0.426. The van der Waals surface area contributed by atoms with Crippen molar-refractivity contribution < 1.29 is 34.4 Å². The van der Waals surface area contributed by atoms with Gasteiger partial charge in [0.15, 0.2) is 5.78 Å². The van der Waals surface area contributed by atoms with Crippen LogP contribution < -0.4 is 4.40 Å². The molecule has 6 rings (SSSR count). The molecule has 0 saturated carbocycles. The number of fused-ring (bicyclic) bond motifs is 6. The predicted octanol–water partition coefficient (Wildman–Crippen LogP) is 13.1. The number of aryl methyl sites for hydroxylation is 2. The maximum Gasteiger partial charge on any atom is 0 e. The third kappa shape index (κ3) is 8.42. The van der Waals surface area contributed by atoms with E-state index in [0.29, 0.717) is 5.92 Å². The number of benzene rings is 4. The van der Waals surface area contributed by atoms with Gasteiger partial charge in [-0.05, 0) is 37.2 Å². The molecule has 0 aliphatic rings. The van der Waals surface area contributed by atoms with Crippen LogP contribution in [-0.4, -0.2) is 34.1 Å². The number of furan rings is 1. The van der Waals surface area contributed by atoms with Gasteiger partial charge < -0.3 is 5.11 Å². The van der Waals surface area contributed by atoms with E-state index in [1.54, 1.807) is 0 Å². The summed E-state index contributed by atoms with van der Waals surface area (Å²) in [5.74, 6) is 8.82. The average Bonchev–Trinajstić information content (AvgIpc) is 3.51. The first kappa shape index (κ1) is 43.4. The van der Waals surface area contributed by atoms with Crippen molar-refractivity contribution in [2.45, 2.75) is 118 Å². The summed E-state index contributed by atoms with van der Waals surface area (Å²) in [6, 6.07) is 23.3. The van der Waals surface area contributed by atoms with Gasteiger partial charge in [-0.25, -0.2) is 0 Å². The number of allylic oxidation sites excluding steroid dienone is 2. The predicted molar refractivity (Wildman–Crippen MR) is 228 cm³/mol. The molecule has 0 unspecified atom stereocenters. The second-order valence-electron chi connectivity index (χ2n) is 16.8. The van der Waals surface area contributed by atoms with E-state index in [2.05, 4.69) is 92.6 Å². The van der Waals surface area contributed by atoms with Crippen LogP contribution in [0.2, 0.25) is 17.3 Å². The van der Waals surface area contributed by atoms with Gasteiger partial charge in [0.1, 0.15) is 5.76 Å². The minimum Gasteiger partial charge on any atom is 0 e. The van der Waals surface area contributed by atoms with Crippen LogP contribution in [0.3, 0.4) is 0 Å². The molecular formula is C47H59GeIrN2O3-. The van der Waals surface area contributed by atoms with E-state index in [4.69, 9.17) is 14.4 Å². The van der Waals surface area contributed by atoms with Gasteiger partial charge in [0.25, 0.3) is 0 Å². The Morgan fingerprint density at radius 3 is 2.09 bits per heavy atom. The molecule has 0 bridgehead atoms. The number of aliphatic hydroxyl groups is 1. The number of carbonyl (C=O) groups excluding carboxylic acids is 1. The van der Waals surface area contributed by atoms with Crippen LogP contribution in [0.15, 0.2) is 70.8 Å². The van der Waals surface area contributed by atoms with Crippen LogP contribution >= 0.6 is 0 Å². The third-order valence-corrected chi connectivity index (χ3v) is 16.2. The van der Waals surface area contributed by atoms with E-state index in [-0.39, 0.29) is 42.5 Å². The van der Waals surface area contributed by atoms with Crippen molar-refractivity contribution in [3.05, 3.63) is 89.5 Å². The Morgan fingerprint density at radius 1 is 0.870 bits per heavy atom. The zero-order valence-corrected chi connectivity index (χ0v) is 39.2. The first-order valence-corrected chi connectivity index (χ1v) is 26.8. The van der Waals surface area contributed by atoms with Crippen molar-refractivity contribution in [2.24, 2.45) is 10.8 Å². The van der Waals surface area contributed by atoms with Gasteiger partial charge in [-0.1, -0.05) is 61.5 Å². The number of aliphatic hydroxyl groups excluding tert-OH is 1. The molecule has 7 heteroatoms. The SMILES string of the molecule is CCC(C)(CC)C(=O)/C=C(\O)C(C)(CC)CC.Cc1nc(-c2[c-]ccc3c2oc2cc(C(C)C)ccc23)c2ccc3c[c]([Ge]([CH3])([CH3])[CH3])cc(C)c3c2n1.[Ir]. The maximum absolute atomic E-state index is 12.2. The Balaban J connectivity index is 0.000000309. The monoisotopic (exact) mass is 966 g/mol. The third-order valence-electron chi connectivity index (χ3n) is 11.9. The van der Waals surface area contributed by atoms with Crippen molar-refractivity contribution in [3.8, 4) is 11.3 Å². The average molecular weight is 965 g/mol. The zero-order chi connectivity index (χ0) is 39.0. The number of carbonyl (C=O) groups is 1. The Labute approximate surface area is 339 Å². The fourth-order valence-corrected chi connectivity index (χ4v) is 9.57. The molecule has 0 fully saturated rings. The number of rotatable bonds is 10. The van der Waals surface area contributed by atoms with Gasteiger partial charge in [0, 0.05) is 37.0 Å². The first-order chi connectivity index (χ1) is 24.9. The van der Waals surface area contributed by atoms with Gasteiger partial charge in [-0.3, -0.25) is 4.79 Å². The molecule has 5 nitrogen and oxygen atoms in total. The zero-order valence-electron chi connectivity index (χ0n) is 34.7. The molecule has 289 valence electrons. The van der Waals surface area contributed by atoms with E-state index in [1.165, 1.54) is 32.4 Å². The van der Waals surface area contributed by atoms with Gasteiger partial charge in [-0.15, -0.1) is 0 Å². The van der Waals surface area contributed by atoms with Crippen molar-refractivity contribution in [1.82, 2.24) is 9.97 Å². The van der Waals surface area contributed by atoms with E-state index < -0.39 is 13.3 Å². The van der Waals surface area contributed by atoms with Gasteiger partial charge >= 0.3 is 184 Å². The standard InChI is InChI=1S/C32H31GeN2O.C15H28O2.Ir/c1-18(2)21-11-13-24-25-9-8-10-27(32(25)36-28(24)17-21)30-26-14-12-22-16-23(33(5,6)7)15-19(3)29(22)31(26)35-20(4)34-30;1-7-14(5,8-2)12(16)11-13(17)15(6,9-3)10-4;/h8-9,11-18H,1-7H3;11,16H,7-10H2,1-6H3;/q-1;;/b;12-11-;. The second kappa shape index (κ2) is 16.8. The molecule has 1 N–H and O–H groups in total. The van der Waals surface area contributed by atoms with Gasteiger partial charge in [0.05, 0.1) is 0 Å². The summed E-state index contributed by atoms with van der Waals surface area (Å²) in [5, 5.41) is 15.9. The molecule has 0 aliphatic heterocycles. The van der Waals surface area contributed by atoms with Gasteiger partial charge in [0.2, 0.25) is 0 Å². The van der Waals surface area contributed by atoms with Crippen LogP contribution in [0.1, 0.15) is 104 Å². The molecule has 6 aromatic rings. The summed E-state index contributed by atoms with van der Waals surface area (Å²) in [5.41, 5.74) is 6.47. The maximum atomic E-state index is 12.2. The molecule has 2 aromatic heterocycles. The van der Waals surface area contributed by atoms with Gasteiger partial charge in [-0.2, -0.15) is 0 Å². The number of nitrogens with zero attached hydrogens (tertiary/aromatic N) is 2. The molecule has 4 aromatic carbocycles. The minimum absolute atomic E-state index is 0. The van der Waals surface area contributed by atoms with E-state index in [0.717, 1.165) is 75.6 Å². The summed E-state index contributed by atoms with van der Waals surface area (Å²) >= 11 is -1.96. The van der Waals surface area contributed by atoms with Crippen LogP contribution in [0.4, 0.5) is 0 Å².